The van der Waals surface area contributed by atoms with Crippen molar-refractivity contribution in [3.63, 3.8) is 0 Å². The first-order valence-corrected chi connectivity index (χ1v) is 15.5. The Morgan fingerprint density at radius 2 is 1.30 bits per heavy atom. The summed E-state index contributed by atoms with van der Waals surface area (Å²) in [5, 5.41) is 1.10. The molecule has 0 aliphatic heterocycles. The molecule has 0 rings (SSSR count). The van der Waals surface area contributed by atoms with Gasteiger partial charge >= 0.3 is 8.56 Å². The Balaban J connectivity index is 3.82. The summed E-state index contributed by atoms with van der Waals surface area (Å²) < 4.78 is 18.2. The van der Waals surface area contributed by atoms with Crippen molar-refractivity contribution in [2.45, 2.75) is 123 Å². The summed E-state index contributed by atoms with van der Waals surface area (Å²) in [5.41, 5.74) is 0. The third kappa shape index (κ3) is 19.7. The molecule has 0 N–H and O–H groups in total. The molecule has 0 aromatic heterocycles. The fourth-order valence-corrected chi connectivity index (χ4v) is 5.12. The first kappa shape index (κ1) is 27.6. The van der Waals surface area contributed by atoms with Crippen LogP contribution in [0, 0.1) is 0 Å². The average molecular weight is 468 g/mol. The van der Waals surface area contributed by atoms with Gasteiger partial charge in [0.2, 0.25) is 0 Å². The molecule has 0 heterocycles. The maximum Gasteiger partial charge on any atom is 0.333 e. The van der Waals surface area contributed by atoms with E-state index in [1.165, 1.54) is 77.0 Å². The third-order valence-electron chi connectivity index (χ3n) is 4.79. The van der Waals surface area contributed by atoms with Crippen LogP contribution in [0.4, 0.5) is 0 Å². The molecular weight excluding hydrogens is 420 g/mol. The second kappa shape index (κ2) is 19.9. The first-order chi connectivity index (χ1) is 13.1. The van der Waals surface area contributed by atoms with Crippen molar-refractivity contribution in [1.82, 2.24) is 0 Å². The van der Waals surface area contributed by atoms with Gasteiger partial charge in [0.15, 0.2) is 0 Å². The molecule has 0 radical (unpaired) electrons. The first-order valence-electron chi connectivity index (χ1n) is 11.5. The van der Waals surface area contributed by atoms with Crippen molar-refractivity contribution in [2.24, 2.45) is 0 Å². The van der Waals surface area contributed by atoms with Crippen LogP contribution in [-0.4, -0.2) is 33.4 Å². The molecule has 0 bridgehead atoms. The van der Waals surface area contributed by atoms with Crippen molar-refractivity contribution < 1.29 is 13.6 Å². The van der Waals surface area contributed by atoms with Gasteiger partial charge in [-0.15, -0.1) is 0 Å². The largest absolute Gasteiger partial charge is 0.394 e. The van der Waals surface area contributed by atoms with E-state index >= 15 is 0 Å². The summed E-state index contributed by atoms with van der Waals surface area (Å²) in [6, 6.07) is 0. The summed E-state index contributed by atoms with van der Waals surface area (Å²) in [6.07, 6.45) is 17.9. The van der Waals surface area contributed by atoms with Crippen molar-refractivity contribution in [3.05, 3.63) is 0 Å². The minimum atomic E-state index is -2.10. The minimum absolute atomic E-state index is 0.0883. The number of rotatable bonds is 21. The van der Waals surface area contributed by atoms with Crippen LogP contribution in [-0.2, 0) is 13.6 Å². The summed E-state index contributed by atoms with van der Waals surface area (Å²) in [6.45, 7) is 10.1. The molecule has 1 unspecified atom stereocenters. The lowest BCUT2D eigenvalue weighted by Crippen LogP contribution is -2.40. The van der Waals surface area contributed by atoms with Crippen LogP contribution in [0.15, 0.2) is 0 Å². The van der Waals surface area contributed by atoms with E-state index in [4.69, 9.17) is 13.6 Å². The van der Waals surface area contributed by atoms with Crippen LogP contribution < -0.4 is 0 Å². The Morgan fingerprint density at radius 1 is 0.741 bits per heavy atom. The molecule has 164 valence electrons. The topological polar surface area (TPSA) is 27.7 Å². The molecule has 0 aliphatic carbocycles. The van der Waals surface area contributed by atoms with Crippen LogP contribution in [0.25, 0.3) is 0 Å². The van der Waals surface area contributed by atoms with E-state index in [1.54, 1.807) is 0 Å². The fourth-order valence-electron chi connectivity index (χ4n) is 3.20. The Labute approximate surface area is 179 Å². The molecule has 0 spiro atoms. The number of alkyl halides is 1. The maximum atomic E-state index is 6.27. The van der Waals surface area contributed by atoms with Crippen LogP contribution in [0.1, 0.15) is 104 Å². The van der Waals surface area contributed by atoms with Crippen molar-refractivity contribution in [1.29, 1.82) is 0 Å². The van der Waals surface area contributed by atoms with E-state index in [1.807, 2.05) is 6.92 Å². The van der Waals surface area contributed by atoms with Gasteiger partial charge in [-0.25, -0.2) is 0 Å². The third-order valence-corrected chi connectivity index (χ3v) is 7.08. The molecule has 0 saturated heterocycles. The lowest BCUT2D eigenvalue weighted by molar-refractivity contribution is -0.0991. The molecule has 0 amide bonds. The molecule has 0 aromatic rings. The van der Waals surface area contributed by atoms with E-state index in [0.29, 0.717) is 6.61 Å². The van der Waals surface area contributed by atoms with E-state index in [0.717, 1.165) is 24.8 Å². The Kier molecular flexibility index (Phi) is 20.3. The van der Waals surface area contributed by atoms with Gasteiger partial charge < -0.3 is 13.6 Å². The van der Waals surface area contributed by atoms with Gasteiger partial charge in [0, 0.05) is 18.5 Å². The highest BCUT2D eigenvalue weighted by Crippen LogP contribution is 2.18. The maximum absolute atomic E-state index is 6.27. The number of hydrogen-bond acceptors (Lipinski definition) is 3. The number of ether oxygens (including phenoxy) is 1. The van der Waals surface area contributed by atoms with Crippen LogP contribution in [0.2, 0.25) is 13.1 Å². The van der Waals surface area contributed by atoms with E-state index in [9.17, 15) is 0 Å². The highest BCUT2D eigenvalue weighted by Gasteiger charge is 2.28. The predicted octanol–water partition coefficient (Wildman–Crippen LogP) is 7.96. The summed E-state index contributed by atoms with van der Waals surface area (Å²) in [5.74, 6) is 0. The van der Waals surface area contributed by atoms with E-state index in [2.05, 4.69) is 35.9 Å². The standard InChI is InChI=1S/C22H47BrO3Si/c1-5-7-8-9-10-11-12-13-16-19-22(24-6-2)26-27(3,4)25-21-18-15-14-17-20-23/h22H,5-21H2,1-4H3. The van der Waals surface area contributed by atoms with Gasteiger partial charge in [0.25, 0.3) is 0 Å². The summed E-state index contributed by atoms with van der Waals surface area (Å²) in [7, 11) is -2.10. The average Bonchev–Trinajstić information content (AvgIpc) is 2.63. The number of halogens is 1. The zero-order valence-electron chi connectivity index (χ0n) is 18.7. The smallest absolute Gasteiger partial charge is 0.333 e. The van der Waals surface area contributed by atoms with Crippen molar-refractivity contribution >= 4 is 24.5 Å². The Morgan fingerprint density at radius 3 is 1.89 bits per heavy atom. The quantitative estimate of drug-likeness (QED) is 0.0742. The molecular formula is C22H47BrO3Si. The summed E-state index contributed by atoms with van der Waals surface area (Å²) in [4.78, 5) is 0. The van der Waals surface area contributed by atoms with Gasteiger partial charge in [-0.05, 0) is 45.7 Å². The lowest BCUT2D eigenvalue weighted by Gasteiger charge is -2.29. The predicted molar refractivity (Wildman–Crippen MR) is 124 cm³/mol. The number of unbranched alkanes of at least 4 members (excludes halogenated alkanes) is 11. The Bertz CT molecular complexity index is 303. The molecule has 3 nitrogen and oxygen atoms in total. The van der Waals surface area contributed by atoms with Crippen molar-refractivity contribution in [3.8, 4) is 0 Å². The van der Waals surface area contributed by atoms with Gasteiger partial charge in [0.05, 0.1) is 0 Å². The monoisotopic (exact) mass is 466 g/mol. The molecule has 0 saturated carbocycles. The second-order valence-electron chi connectivity index (χ2n) is 7.97. The van der Waals surface area contributed by atoms with E-state index in [-0.39, 0.29) is 6.29 Å². The number of hydrogen-bond donors (Lipinski definition) is 0. The van der Waals surface area contributed by atoms with Crippen LogP contribution >= 0.6 is 15.9 Å². The Hall–Kier alpha value is 0.577. The van der Waals surface area contributed by atoms with Gasteiger partial charge in [-0.1, -0.05) is 87.1 Å². The molecule has 0 aromatic carbocycles. The second-order valence-corrected chi connectivity index (χ2v) is 12.1. The highest BCUT2D eigenvalue weighted by atomic mass is 79.9. The minimum Gasteiger partial charge on any atom is -0.394 e. The zero-order chi connectivity index (χ0) is 20.2. The fraction of sp³-hybridized carbons (Fsp3) is 1.00. The van der Waals surface area contributed by atoms with Gasteiger partial charge in [-0.2, -0.15) is 0 Å². The highest BCUT2D eigenvalue weighted by molar-refractivity contribution is 9.09. The molecule has 5 heteroatoms. The molecule has 27 heavy (non-hydrogen) atoms. The lowest BCUT2D eigenvalue weighted by atomic mass is 10.1. The summed E-state index contributed by atoms with van der Waals surface area (Å²) >= 11 is 3.48. The van der Waals surface area contributed by atoms with Crippen molar-refractivity contribution in [2.75, 3.05) is 18.5 Å². The van der Waals surface area contributed by atoms with Gasteiger partial charge in [-0.3, -0.25) is 0 Å². The molecule has 0 fully saturated rings. The van der Waals surface area contributed by atoms with Gasteiger partial charge in [0.1, 0.15) is 6.29 Å². The van der Waals surface area contributed by atoms with E-state index < -0.39 is 8.56 Å². The molecule has 1 atom stereocenters. The normalized spacial score (nSPS) is 13.2. The SMILES string of the molecule is CCCCCCCCCCCC(OCC)O[Si](C)(C)OCCCCCCBr. The van der Waals surface area contributed by atoms with Crippen LogP contribution in [0.3, 0.4) is 0 Å². The van der Waals surface area contributed by atoms with Crippen LogP contribution in [0.5, 0.6) is 0 Å². The molecule has 0 aliphatic rings. The zero-order valence-corrected chi connectivity index (χ0v) is 21.3.